The fourth-order valence-corrected chi connectivity index (χ4v) is 3.58. The minimum atomic E-state index is 0.600. The first-order valence-electron chi connectivity index (χ1n) is 9.59. The first-order valence-corrected chi connectivity index (χ1v) is 9.59. The molecule has 2 heterocycles. The smallest absolute Gasteiger partial charge is 0.232 e. The Morgan fingerprint density at radius 1 is 0.926 bits per heavy atom. The maximum Gasteiger partial charge on any atom is 0.232 e. The Hall–Kier alpha value is -2.66. The molecule has 0 unspecified atom stereocenters. The molecule has 2 aromatic carbocycles. The van der Waals surface area contributed by atoms with Gasteiger partial charge in [-0.05, 0) is 43.2 Å². The van der Waals surface area contributed by atoms with Gasteiger partial charge in [0.1, 0.15) is 6.61 Å². The van der Waals surface area contributed by atoms with Gasteiger partial charge in [-0.25, -0.2) is 9.97 Å². The third-order valence-corrected chi connectivity index (χ3v) is 5.37. The molecule has 3 aromatic rings. The lowest BCUT2D eigenvalue weighted by atomic mass is 10.1. The van der Waals surface area contributed by atoms with Gasteiger partial charge in [-0.3, -0.25) is 4.90 Å². The molecular formula is C22H26N4O. The van der Waals surface area contributed by atoms with Crippen LogP contribution in [-0.2, 0) is 0 Å². The lowest BCUT2D eigenvalue weighted by molar-refractivity contribution is 0.197. The van der Waals surface area contributed by atoms with Crippen molar-refractivity contribution in [3.8, 4) is 5.88 Å². The number of ether oxygens (including phenoxy) is 1. The van der Waals surface area contributed by atoms with Gasteiger partial charge in [-0.1, -0.05) is 24.3 Å². The number of para-hydroxylation sites is 2. The largest absolute Gasteiger partial charge is 0.475 e. The molecule has 0 bridgehead atoms. The summed E-state index contributed by atoms with van der Waals surface area (Å²) in [7, 11) is 0. The van der Waals surface area contributed by atoms with E-state index in [1.165, 1.54) is 16.8 Å². The van der Waals surface area contributed by atoms with Crippen molar-refractivity contribution >= 4 is 16.7 Å². The molecule has 0 atom stereocenters. The number of rotatable bonds is 5. The van der Waals surface area contributed by atoms with E-state index in [1.807, 2.05) is 24.3 Å². The van der Waals surface area contributed by atoms with Crippen LogP contribution < -0.4 is 9.64 Å². The van der Waals surface area contributed by atoms with Crippen LogP contribution in [0, 0.1) is 13.8 Å². The van der Waals surface area contributed by atoms with Gasteiger partial charge in [0, 0.05) is 38.4 Å². The van der Waals surface area contributed by atoms with Crippen LogP contribution in [0.3, 0.4) is 0 Å². The molecule has 0 saturated carbocycles. The Balaban J connectivity index is 1.27. The lowest BCUT2D eigenvalue weighted by Crippen LogP contribution is -2.47. The summed E-state index contributed by atoms with van der Waals surface area (Å²) in [6, 6.07) is 14.4. The molecule has 0 amide bonds. The zero-order valence-corrected chi connectivity index (χ0v) is 16.1. The standard InChI is InChI=1S/C22H26N4O/c1-17-6-5-9-21(18(17)2)26-12-10-25(11-13-26)14-15-27-22-16-23-19-7-3-4-8-20(19)24-22/h3-9,16H,10-15H2,1-2H3. The van der Waals surface area contributed by atoms with Crippen molar-refractivity contribution in [1.82, 2.24) is 14.9 Å². The van der Waals surface area contributed by atoms with Crippen LogP contribution in [0.1, 0.15) is 11.1 Å². The predicted octanol–water partition coefficient (Wildman–Crippen LogP) is 3.45. The zero-order valence-electron chi connectivity index (χ0n) is 16.1. The first-order chi connectivity index (χ1) is 13.2. The van der Waals surface area contributed by atoms with Gasteiger partial charge in [-0.2, -0.15) is 0 Å². The number of anilines is 1. The molecule has 5 heteroatoms. The average Bonchev–Trinajstić information content (AvgIpc) is 2.71. The molecule has 1 aromatic heterocycles. The fraction of sp³-hybridized carbons (Fsp3) is 0.364. The third kappa shape index (κ3) is 4.03. The molecule has 1 saturated heterocycles. The summed E-state index contributed by atoms with van der Waals surface area (Å²) in [4.78, 5) is 13.9. The van der Waals surface area contributed by atoms with E-state index in [9.17, 15) is 0 Å². The van der Waals surface area contributed by atoms with Crippen LogP contribution in [0.2, 0.25) is 0 Å². The Kier molecular flexibility index (Phi) is 5.21. The number of aryl methyl sites for hydroxylation is 1. The Labute approximate surface area is 160 Å². The zero-order chi connectivity index (χ0) is 18.6. The highest BCUT2D eigenvalue weighted by Crippen LogP contribution is 2.23. The van der Waals surface area contributed by atoms with E-state index >= 15 is 0 Å². The molecule has 0 N–H and O–H groups in total. The SMILES string of the molecule is Cc1cccc(N2CCN(CCOc3cnc4ccccc4n3)CC2)c1C. The molecule has 1 aliphatic heterocycles. The first kappa shape index (κ1) is 17.7. The van der Waals surface area contributed by atoms with Gasteiger partial charge in [-0.15, -0.1) is 0 Å². The van der Waals surface area contributed by atoms with Crippen LogP contribution >= 0.6 is 0 Å². The summed E-state index contributed by atoms with van der Waals surface area (Å²) in [5.74, 6) is 0.600. The van der Waals surface area contributed by atoms with Crippen LogP contribution in [0.25, 0.3) is 11.0 Å². The van der Waals surface area contributed by atoms with Crippen molar-refractivity contribution in [3.63, 3.8) is 0 Å². The summed E-state index contributed by atoms with van der Waals surface area (Å²) in [6.07, 6.45) is 1.71. The van der Waals surface area contributed by atoms with Crippen molar-refractivity contribution in [2.75, 3.05) is 44.2 Å². The maximum atomic E-state index is 5.83. The summed E-state index contributed by atoms with van der Waals surface area (Å²) in [5.41, 5.74) is 5.89. The van der Waals surface area contributed by atoms with Crippen molar-refractivity contribution in [3.05, 3.63) is 59.8 Å². The van der Waals surface area contributed by atoms with Gasteiger partial charge in [0.2, 0.25) is 5.88 Å². The van der Waals surface area contributed by atoms with E-state index < -0.39 is 0 Å². The van der Waals surface area contributed by atoms with Crippen molar-refractivity contribution in [2.45, 2.75) is 13.8 Å². The molecular weight excluding hydrogens is 336 g/mol. The van der Waals surface area contributed by atoms with Gasteiger partial charge >= 0.3 is 0 Å². The molecule has 1 aliphatic rings. The van der Waals surface area contributed by atoms with E-state index in [-0.39, 0.29) is 0 Å². The summed E-state index contributed by atoms with van der Waals surface area (Å²) < 4.78 is 5.83. The fourth-order valence-electron chi connectivity index (χ4n) is 3.58. The van der Waals surface area contributed by atoms with Crippen LogP contribution in [-0.4, -0.2) is 54.2 Å². The van der Waals surface area contributed by atoms with Crippen molar-refractivity contribution in [1.29, 1.82) is 0 Å². The minimum Gasteiger partial charge on any atom is -0.475 e. The van der Waals surface area contributed by atoms with E-state index in [0.717, 1.165) is 43.8 Å². The summed E-state index contributed by atoms with van der Waals surface area (Å²) >= 11 is 0. The quantitative estimate of drug-likeness (QED) is 0.695. The number of benzene rings is 2. The second-order valence-corrected chi connectivity index (χ2v) is 7.09. The third-order valence-electron chi connectivity index (χ3n) is 5.37. The minimum absolute atomic E-state index is 0.600. The number of hydrogen-bond acceptors (Lipinski definition) is 5. The Morgan fingerprint density at radius 2 is 1.70 bits per heavy atom. The number of piperazine rings is 1. The number of hydrogen-bond donors (Lipinski definition) is 0. The predicted molar refractivity (Wildman–Crippen MR) is 110 cm³/mol. The molecule has 4 rings (SSSR count). The second kappa shape index (κ2) is 7.92. The molecule has 5 nitrogen and oxygen atoms in total. The molecule has 0 aliphatic carbocycles. The Morgan fingerprint density at radius 3 is 2.52 bits per heavy atom. The molecule has 27 heavy (non-hydrogen) atoms. The van der Waals surface area contributed by atoms with E-state index in [0.29, 0.717) is 12.5 Å². The highest BCUT2D eigenvalue weighted by atomic mass is 16.5. The highest BCUT2D eigenvalue weighted by Gasteiger charge is 2.18. The van der Waals surface area contributed by atoms with Gasteiger partial charge in [0.15, 0.2) is 0 Å². The van der Waals surface area contributed by atoms with Gasteiger partial charge in [0.05, 0.1) is 17.2 Å². The Bertz CT molecular complexity index is 919. The van der Waals surface area contributed by atoms with Crippen LogP contribution in [0.15, 0.2) is 48.7 Å². The maximum absolute atomic E-state index is 5.83. The molecule has 140 valence electrons. The summed E-state index contributed by atoms with van der Waals surface area (Å²) in [5, 5.41) is 0. The lowest BCUT2D eigenvalue weighted by Gasteiger charge is -2.36. The van der Waals surface area contributed by atoms with Crippen LogP contribution in [0.5, 0.6) is 5.88 Å². The van der Waals surface area contributed by atoms with Gasteiger partial charge < -0.3 is 9.64 Å². The topological polar surface area (TPSA) is 41.5 Å². The summed E-state index contributed by atoms with van der Waals surface area (Å²) in [6.45, 7) is 10.2. The average molecular weight is 362 g/mol. The van der Waals surface area contributed by atoms with Crippen LogP contribution in [0.4, 0.5) is 5.69 Å². The molecule has 1 fully saturated rings. The number of fused-ring (bicyclic) bond motifs is 1. The van der Waals surface area contributed by atoms with E-state index in [2.05, 4.69) is 51.8 Å². The highest BCUT2D eigenvalue weighted by molar-refractivity contribution is 5.73. The van der Waals surface area contributed by atoms with E-state index in [4.69, 9.17) is 4.74 Å². The van der Waals surface area contributed by atoms with Crippen molar-refractivity contribution < 1.29 is 4.74 Å². The number of aromatic nitrogens is 2. The second-order valence-electron chi connectivity index (χ2n) is 7.09. The van der Waals surface area contributed by atoms with Crippen molar-refractivity contribution in [2.24, 2.45) is 0 Å². The van der Waals surface area contributed by atoms with E-state index in [1.54, 1.807) is 6.20 Å². The molecule has 0 radical (unpaired) electrons. The normalized spacial score (nSPS) is 15.3. The monoisotopic (exact) mass is 362 g/mol. The number of nitrogens with zero attached hydrogens (tertiary/aromatic N) is 4. The molecule has 0 spiro atoms. The van der Waals surface area contributed by atoms with Gasteiger partial charge in [0.25, 0.3) is 0 Å².